The van der Waals surface area contributed by atoms with Crippen LogP contribution in [-0.4, -0.2) is 119 Å². The second-order valence-electron chi connectivity index (χ2n) is 17.9. The number of fused-ring (bicyclic) bond motifs is 2. The predicted molar refractivity (Wildman–Crippen MR) is 257 cm³/mol. The maximum atomic E-state index is 13.6. The number of hydrogen-bond donors (Lipinski definition) is 5. The van der Waals surface area contributed by atoms with E-state index < -0.39 is 63.9 Å². The van der Waals surface area contributed by atoms with Crippen LogP contribution in [0.3, 0.4) is 0 Å². The fourth-order valence-electron chi connectivity index (χ4n) is 8.99. The topological polar surface area (TPSA) is 311 Å². The Kier molecular flexibility index (Phi) is 17.0. The minimum absolute atomic E-state index is 0.0130. The summed E-state index contributed by atoms with van der Waals surface area (Å²) in [6.07, 6.45) is 12.5. The van der Waals surface area contributed by atoms with Gasteiger partial charge in [-0.25, -0.2) is 16.8 Å². The van der Waals surface area contributed by atoms with Crippen LogP contribution in [-0.2, 0) is 68.7 Å². The normalized spacial score (nSPS) is 22.7. The SMILES string of the molecule is COC(=O)C1CCCCCC1N(CCC1CC1)C(=O)CC1=NS(=O)(=O)c2cc(NS(C)(=O)=O)ccc2N1.COC(=O)C1CCCCCC1NC(=O)CC1=NS(=O)(=O)c2cc(NS(C)(=O)=O)ccc2N1. The molecule has 2 aliphatic heterocycles. The Hall–Kier alpha value is -5.34. The van der Waals surface area contributed by atoms with Gasteiger partial charge in [-0.05, 0) is 74.4 Å². The zero-order chi connectivity index (χ0) is 50.3. The molecular weight excluding hydrogens is 981 g/mol. The van der Waals surface area contributed by atoms with Crippen molar-refractivity contribution in [2.45, 2.75) is 118 Å². The first-order valence-corrected chi connectivity index (χ1v) is 29.3. The van der Waals surface area contributed by atoms with Gasteiger partial charge in [0, 0.05) is 30.0 Å². The summed E-state index contributed by atoms with van der Waals surface area (Å²) in [5, 5.41) is 8.56. The quantitative estimate of drug-likeness (QED) is 0.125. The van der Waals surface area contributed by atoms with E-state index in [1.54, 1.807) is 4.90 Å². The number of esters is 2. The molecule has 380 valence electrons. The molecule has 4 unspecified atom stereocenters. The molecule has 0 spiro atoms. The third-order valence-corrected chi connectivity index (χ3v) is 16.3. The molecule has 0 bridgehead atoms. The smallest absolute Gasteiger partial charge is 0.310 e. The Balaban J connectivity index is 0.000000229. The molecule has 22 nitrogen and oxygen atoms in total. The van der Waals surface area contributed by atoms with Crippen LogP contribution in [0.4, 0.5) is 22.7 Å². The summed E-state index contributed by atoms with van der Waals surface area (Å²) in [6.45, 7) is 0.499. The molecule has 2 heterocycles. The molecule has 0 radical (unpaired) electrons. The molecule has 2 amide bonds. The Labute approximate surface area is 403 Å². The van der Waals surface area contributed by atoms with Crippen molar-refractivity contribution >= 4 is 98.3 Å². The maximum absolute atomic E-state index is 13.6. The van der Waals surface area contributed by atoms with E-state index in [2.05, 4.69) is 34.2 Å². The van der Waals surface area contributed by atoms with Gasteiger partial charge in [-0.15, -0.1) is 8.80 Å². The fourth-order valence-corrected chi connectivity index (χ4v) is 12.4. The molecular formula is C43H60N8O14S4. The van der Waals surface area contributed by atoms with Gasteiger partial charge in [-0.3, -0.25) is 28.6 Å². The van der Waals surface area contributed by atoms with Crippen LogP contribution in [0.2, 0.25) is 0 Å². The molecule has 5 aliphatic rings. The van der Waals surface area contributed by atoms with Crippen molar-refractivity contribution in [1.82, 2.24) is 10.2 Å². The predicted octanol–water partition coefficient (Wildman–Crippen LogP) is 3.91. The van der Waals surface area contributed by atoms with Crippen molar-refractivity contribution in [3.05, 3.63) is 36.4 Å². The molecule has 4 atom stereocenters. The highest BCUT2D eigenvalue weighted by Crippen LogP contribution is 2.36. The van der Waals surface area contributed by atoms with E-state index in [-0.39, 0.29) is 80.9 Å². The average Bonchev–Trinajstić information content (AvgIpc) is 4.13. The molecule has 3 saturated carbocycles. The summed E-state index contributed by atoms with van der Waals surface area (Å²) in [7, 11) is -12.8. The summed E-state index contributed by atoms with van der Waals surface area (Å²) in [6, 6.07) is 7.31. The highest BCUT2D eigenvalue weighted by Gasteiger charge is 2.39. The molecule has 5 N–H and O–H groups in total. The summed E-state index contributed by atoms with van der Waals surface area (Å²) >= 11 is 0. The van der Waals surface area contributed by atoms with E-state index in [0.29, 0.717) is 38.1 Å². The summed E-state index contributed by atoms with van der Waals surface area (Å²) in [5.74, 6) is -1.82. The van der Waals surface area contributed by atoms with E-state index in [1.807, 2.05) is 0 Å². The lowest BCUT2D eigenvalue weighted by Gasteiger charge is -2.35. The number of ether oxygens (including phenoxy) is 2. The first-order valence-electron chi connectivity index (χ1n) is 22.6. The zero-order valence-electron chi connectivity index (χ0n) is 38.9. The van der Waals surface area contributed by atoms with Crippen molar-refractivity contribution in [2.24, 2.45) is 26.5 Å². The van der Waals surface area contributed by atoms with Crippen LogP contribution in [0.25, 0.3) is 0 Å². The van der Waals surface area contributed by atoms with Gasteiger partial charge in [0.1, 0.15) is 21.5 Å². The zero-order valence-corrected chi connectivity index (χ0v) is 42.1. The molecule has 3 aliphatic carbocycles. The van der Waals surface area contributed by atoms with Gasteiger partial charge >= 0.3 is 11.9 Å². The number of amides is 2. The molecule has 69 heavy (non-hydrogen) atoms. The number of carbonyl (C=O) groups excluding carboxylic acids is 4. The first-order chi connectivity index (χ1) is 32.4. The second-order valence-corrected chi connectivity index (χ2v) is 24.5. The summed E-state index contributed by atoms with van der Waals surface area (Å²) in [4.78, 5) is 52.3. The highest BCUT2D eigenvalue weighted by molar-refractivity contribution is 7.92. The van der Waals surface area contributed by atoms with E-state index >= 15 is 0 Å². The van der Waals surface area contributed by atoms with Crippen LogP contribution < -0.4 is 25.4 Å². The lowest BCUT2D eigenvalue weighted by molar-refractivity contribution is -0.150. The van der Waals surface area contributed by atoms with E-state index in [4.69, 9.17) is 9.47 Å². The van der Waals surface area contributed by atoms with Gasteiger partial charge in [0.2, 0.25) is 31.9 Å². The number of hydrogen-bond acceptors (Lipinski definition) is 16. The van der Waals surface area contributed by atoms with Crippen molar-refractivity contribution in [3.63, 3.8) is 0 Å². The number of amidine groups is 2. The number of anilines is 4. The van der Waals surface area contributed by atoms with Crippen LogP contribution in [0.5, 0.6) is 0 Å². The van der Waals surface area contributed by atoms with Crippen molar-refractivity contribution < 1.29 is 62.3 Å². The van der Waals surface area contributed by atoms with Crippen molar-refractivity contribution in [2.75, 3.05) is 53.4 Å². The van der Waals surface area contributed by atoms with E-state index in [0.717, 1.165) is 76.4 Å². The first kappa shape index (κ1) is 53.0. The number of methoxy groups -OCH3 is 2. The van der Waals surface area contributed by atoms with Gasteiger partial charge in [-0.2, -0.15) is 16.8 Å². The Morgan fingerprint density at radius 2 is 1.14 bits per heavy atom. The Morgan fingerprint density at radius 1 is 0.667 bits per heavy atom. The second kappa shape index (κ2) is 22.2. The van der Waals surface area contributed by atoms with Crippen LogP contribution >= 0.6 is 0 Å². The molecule has 2 aromatic carbocycles. The summed E-state index contributed by atoms with van der Waals surface area (Å²) in [5.41, 5.74) is 0.567. The minimum Gasteiger partial charge on any atom is -0.469 e. The largest absolute Gasteiger partial charge is 0.469 e. The monoisotopic (exact) mass is 1040 g/mol. The maximum Gasteiger partial charge on any atom is 0.310 e. The van der Waals surface area contributed by atoms with E-state index in [1.165, 1.54) is 44.6 Å². The average molecular weight is 1040 g/mol. The fraction of sp³-hybridized carbons (Fsp3) is 0.581. The summed E-state index contributed by atoms with van der Waals surface area (Å²) < 4.78 is 119. The Morgan fingerprint density at radius 3 is 1.65 bits per heavy atom. The van der Waals surface area contributed by atoms with Crippen molar-refractivity contribution in [3.8, 4) is 0 Å². The van der Waals surface area contributed by atoms with Crippen LogP contribution in [0.1, 0.15) is 96.3 Å². The van der Waals surface area contributed by atoms with Gasteiger partial charge < -0.3 is 30.3 Å². The van der Waals surface area contributed by atoms with Crippen LogP contribution in [0.15, 0.2) is 55.0 Å². The lowest BCUT2D eigenvalue weighted by atomic mass is 9.92. The molecule has 0 saturated heterocycles. The van der Waals surface area contributed by atoms with Gasteiger partial charge in [0.25, 0.3) is 20.0 Å². The van der Waals surface area contributed by atoms with Gasteiger partial charge in [-0.1, -0.05) is 51.4 Å². The molecule has 3 fully saturated rings. The minimum atomic E-state index is -4.17. The van der Waals surface area contributed by atoms with Gasteiger partial charge in [0.05, 0.1) is 62.8 Å². The van der Waals surface area contributed by atoms with Crippen molar-refractivity contribution in [1.29, 1.82) is 0 Å². The number of nitrogens with one attached hydrogen (secondary N) is 5. The number of rotatable bonds is 15. The van der Waals surface area contributed by atoms with E-state index in [9.17, 15) is 52.8 Å². The number of carbonyl (C=O) groups is 4. The standard InChI is InChI=1S/C24H34N4O7S2.C19H26N4O7S2/c1-35-24(30)18-6-4-3-5-7-20(18)28(13-12-16-8-9-16)23(29)15-22-25-19-11-10-17(26-36(2,31)32)14-21(19)37(33,34)27-22;1-30-19(25)13-6-4-3-5-7-14(13)21-18(24)11-17-20-15-9-8-12(22-31(2,26)27)10-16(15)32(28,29)23-17/h10-11,14,16,18,20,26H,3-9,12-13,15H2,1-2H3,(H,25,27);8-10,13-14,22H,3-7,11H2,1-2H3,(H,20,23)(H,21,24). The molecule has 7 rings (SSSR count). The number of sulfonamides is 4. The molecule has 26 heteroatoms. The number of nitrogens with zero attached hydrogens (tertiary/aromatic N) is 3. The highest BCUT2D eigenvalue weighted by atomic mass is 32.2. The van der Waals surface area contributed by atoms with Crippen LogP contribution in [0, 0.1) is 17.8 Å². The number of benzene rings is 2. The third kappa shape index (κ3) is 14.8. The molecule has 2 aromatic rings. The third-order valence-electron chi connectivity index (χ3n) is 12.3. The lowest BCUT2D eigenvalue weighted by Crippen LogP contribution is -2.48. The molecule has 0 aromatic heterocycles. The van der Waals surface area contributed by atoms with Gasteiger partial charge in [0.15, 0.2) is 0 Å². The Bertz CT molecular complexity index is 2820.